The van der Waals surface area contributed by atoms with Gasteiger partial charge in [0, 0.05) is 18.4 Å². The first-order valence-corrected chi connectivity index (χ1v) is 9.68. The van der Waals surface area contributed by atoms with Gasteiger partial charge in [0.25, 0.3) is 0 Å². The molecule has 0 saturated carbocycles. The summed E-state index contributed by atoms with van der Waals surface area (Å²) >= 11 is 0. The number of carbonyl (C=O) groups excluding carboxylic acids is 1. The highest BCUT2D eigenvalue weighted by atomic mass is 16.7. The van der Waals surface area contributed by atoms with Crippen LogP contribution in [-0.2, 0) is 4.79 Å². The van der Waals surface area contributed by atoms with E-state index in [1.54, 1.807) is 6.07 Å². The highest BCUT2D eigenvalue weighted by Crippen LogP contribution is 2.35. The molecule has 1 aliphatic heterocycles. The van der Waals surface area contributed by atoms with Crippen LogP contribution in [0.3, 0.4) is 0 Å². The average molecular weight is 389 g/mol. The van der Waals surface area contributed by atoms with Crippen LogP contribution in [0.5, 0.6) is 17.2 Å². The normalized spacial score (nSPS) is 12.0. The van der Waals surface area contributed by atoms with Crippen LogP contribution in [0.25, 0.3) is 0 Å². The molecule has 0 fully saturated rings. The second-order valence-electron chi connectivity index (χ2n) is 6.79. The van der Waals surface area contributed by atoms with Crippen molar-refractivity contribution in [1.82, 2.24) is 5.32 Å². The number of carbonyl (C=O) groups is 1. The summed E-state index contributed by atoms with van der Waals surface area (Å²) in [6.45, 7) is 1.05. The Kier molecular flexibility index (Phi) is 5.95. The van der Waals surface area contributed by atoms with Gasteiger partial charge in [-0.2, -0.15) is 0 Å². The van der Waals surface area contributed by atoms with Gasteiger partial charge in [0.05, 0.1) is 6.54 Å². The van der Waals surface area contributed by atoms with Crippen molar-refractivity contribution < 1.29 is 19.0 Å². The predicted octanol–water partition coefficient (Wildman–Crippen LogP) is 4.13. The van der Waals surface area contributed by atoms with Gasteiger partial charge < -0.3 is 19.5 Å². The van der Waals surface area contributed by atoms with Crippen LogP contribution in [0.4, 0.5) is 0 Å². The third kappa shape index (κ3) is 4.88. The summed E-state index contributed by atoms with van der Waals surface area (Å²) < 4.78 is 16.3. The van der Waals surface area contributed by atoms with Crippen LogP contribution in [0.2, 0.25) is 0 Å². The first-order chi connectivity index (χ1) is 14.3. The summed E-state index contributed by atoms with van der Waals surface area (Å²) in [4.78, 5) is 12.6. The van der Waals surface area contributed by atoms with E-state index in [0.29, 0.717) is 31.1 Å². The van der Waals surface area contributed by atoms with Gasteiger partial charge in [-0.25, -0.2) is 0 Å². The van der Waals surface area contributed by atoms with Gasteiger partial charge in [0.1, 0.15) is 12.4 Å². The molecule has 0 aromatic heterocycles. The van der Waals surface area contributed by atoms with E-state index < -0.39 is 0 Å². The molecular weight excluding hydrogens is 366 g/mol. The molecule has 0 aliphatic carbocycles. The summed E-state index contributed by atoms with van der Waals surface area (Å²) in [6.07, 6.45) is 0.387. The van der Waals surface area contributed by atoms with Crippen molar-refractivity contribution in [1.29, 1.82) is 0 Å². The number of hydrogen-bond donors (Lipinski definition) is 1. The molecule has 1 amide bonds. The maximum Gasteiger partial charge on any atom is 0.231 e. The topological polar surface area (TPSA) is 56.8 Å². The smallest absolute Gasteiger partial charge is 0.231 e. The van der Waals surface area contributed by atoms with E-state index in [1.807, 2.05) is 48.5 Å². The second kappa shape index (κ2) is 9.15. The lowest BCUT2D eigenvalue weighted by Crippen LogP contribution is -2.29. The van der Waals surface area contributed by atoms with Crippen LogP contribution >= 0.6 is 0 Å². The van der Waals surface area contributed by atoms with Crippen LogP contribution in [0.15, 0.2) is 78.9 Å². The zero-order valence-corrected chi connectivity index (χ0v) is 16.0. The van der Waals surface area contributed by atoms with E-state index in [0.717, 1.165) is 16.9 Å². The fourth-order valence-corrected chi connectivity index (χ4v) is 3.38. The molecule has 0 saturated heterocycles. The molecular formula is C24H23NO4. The van der Waals surface area contributed by atoms with Crippen molar-refractivity contribution in [3.05, 3.63) is 90.0 Å². The number of fused-ring (bicyclic) bond motifs is 1. The van der Waals surface area contributed by atoms with E-state index in [4.69, 9.17) is 14.2 Å². The largest absolute Gasteiger partial charge is 0.492 e. The Labute approximate surface area is 170 Å². The molecule has 29 heavy (non-hydrogen) atoms. The Morgan fingerprint density at radius 3 is 2.24 bits per heavy atom. The first-order valence-electron chi connectivity index (χ1n) is 9.68. The summed E-state index contributed by atoms with van der Waals surface area (Å²) in [6, 6.07) is 25.7. The average Bonchev–Trinajstić information content (AvgIpc) is 3.24. The quantitative estimate of drug-likeness (QED) is 0.589. The maximum atomic E-state index is 12.6. The number of hydrogen-bond acceptors (Lipinski definition) is 4. The Bertz CT molecular complexity index is 904. The Balaban J connectivity index is 1.30. The first kappa shape index (κ1) is 18.9. The van der Waals surface area contributed by atoms with Gasteiger partial charge >= 0.3 is 0 Å². The SMILES string of the molecule is O=C(CC(c1ccccc1)c1ccccc1)NCCOc1ccc2c(c1)OCO2. The molecule has 1 aliphatic rings. The molecule has 0 spiro atoms. The van der Waals surface area contributed by atoms with Crippen LogP contribution in [0.1, 0.15) is 23.5 Å². The van der Waals surface area contributed by atoms with Gasteiger partial charge in [-0.1, -0.05) is 60.7 Å². The number of rotatable bonds is 8. The minimum absolute atomic E-state index is 0.00278. The third-order valence-electron chi connectivity index (χ3n) is 4.83. The van der Waals surface area contributed by atoms with E-state index in [2.05, 4.69) is 29.6 Å². The Hall–Kier alpha value is -3.47. The van der Waals surface area contributed by atoms with Gasteiger partial charge in [0.2, 0.25) is 12.7 Å². The molecule has 1 heterocycles. The molecule has 1 N–H and O–H groups in total. The molecule has 148 valence electrons. The molecule has 3 aromatic carbocycles. The van der Waals surface area contributed by atoms with Crippen molar-refractivity contribution in [3.8, 4) is 17.2 Å². The van der Waals surface area contributed by atoms with Crippen molar-refractivity contribution in [2.75, 3.05) is 19.9 Å². The monoisotopic (exact) mass is 389 g/mol. The maximum absolute atomic E-state index is 12.6. The van der Waals surface area contributed by atoms with E-state index in [-0.39, 0.29) is 18.6 Å². The van der Waals surface area contributed by atoms with Crippen molar-refractivity contribution in [2.24, 2.45) is 0 Å². The number of benzene rings is 3. The van der Waals surface area contributed by atoms with Gasteiger partial charge in [-0.15, -0.1) is 0 Å². The zero-order valence-electron chi connectivity index (χ0n) is 16.0. The lowest BCUT2D eigenvalue weighted by atomic mass is 9.88. The van der Waals surface area contributed by atoms with Crippen molar-refractivity contribution in [2.45, 2.75) is 12.3 Å². The van der Waals surface area contributed by atoms with Gasteiger partial charge in [-0.05, 0) is 23.3 Å². The second-order valence-corrected chi connectivity index (χ2v) is 6.79. The summed E-state index contributed by atoms with van der Waals surface area (Å²) in [7, 11) is 0. The van der Waals surface area contributed by atoms with Crippen LogP contribution in [-0.4, -0.2) is 25.9 Å². The van der Waals surface area contributed by atoms with E-state index >= 15 is 0 Å². The molecule has 5 heteroatoms. The number of nitrogens with one attached hydrogen (secondary N) is 1. The Morgan fingerprint density at radius 2 is 1.55 bits per heavy atom. The third-order valence-corrected chi connectivity index (χ3v) is 4.83. The molecule has 5 nitrogen and oxygen atoms in total. The lowest BCUT2D eigenvalue weighted by Gasteiger charge is -2.18. The molecule has 0 atom stereocenters. The molecule has 3 aromatic rings. The molecule has 0 radical (unpaired) electrons. The highest BCUT2D eigenvalue weighted by molar-refractivity contribution is 5.77. The Morgan fingerprint density at radius 1 is 0.897 bits per heavy atom. The highest BCUT2D eigenvalue weighted by Gasteiger charge is 2.18. The van der Waals surface area contributed by atoms with Gasteiger partial charge in [-0.3, -0.25) is 4.79 Å². The predicted molar refractivity (Wildman–Crippen MR) is 110 cm³/mol. The van der Waals surface area contributed by atoms with Crippen molar-refractivity contribution >= 4 is 5.91 Å². The molecule has 4 rings (SSSR count). The van der Waals surface area contributed by atoms with Crippen LogP contribution < -0.4 is 19.5 Å². The lowest BCUT2D eigenvalue weighted by molar-refractivity contribution is -0.121. The van der Waals surface area contributed by atoms with Crippen molar-refractivity contribution in [3.63, 3.8) is 0 Å². The summed E-state index contributed by atoms with van der Waals surface area (Å²) in [5.41, 5.74) is 2.26. The van der Waals surface area contributed by atoms with E-state index in [9.17, 15) is 4.79 Å². The fraction of sp³-hybridized carbons (Fsp3) is 0.208. The number of amides is 1. The van der Waals surface area contributed by atoms with Crippen LogP contribution in [0, 0.1) is 0 Å². The minimum Gasteiger partial charge on any atom is -0.492 e. The molecule has 0 bridgehead atoms. The summed E-state index contributed by atoms with van der Waals surface area (Å²) in [5, 5.41) is 2.96. The van der Waals surface area contributed by atoms with E-state index in [1.165, 1.54) is 0 Å². The minimum atomic E-state index is -0.00278. The fourth-order valence-electron chi connectivity index (χ4n) is 3.38. The molecule has 0 unspecified atom stereocenters. The standard InChI is InChI=1S/C24H23NO4/c26-24(25-13-14-27-20-11-12-22-23(15-20)29-17-28-22)16-21(18-7-3-1-4-8-18)19-9-5-2-6-10-19/h1-12,15,21H,13-14,16-17H2,(H,25,26). The van der Waals surface area contributed by atoms with Gasteiger partial charge in [0.15, 0.2) is 11.5 Å². The zero-order chi connectivity index (χ0) is 19.9. The summed E-state index contributed by atoms with van der Waals surface area (Å²) in [5.74, 6) is 2.11. The number of ether oxygens (including phenoxy) is 3.